The highest BCUT2D eigenvalue weighted by Crippen LogP contribution is 2.13. The van der Waals surface area contributed by atoms with Gasteiger partial charge in [-0.1, -0.05) is 18.2 Å². The van der Waals surface area contributed by atoms with Crippen LogP contribution < -0.4 is 10.6 Å². The van der Waals surface area contributed by atoms with E-state index >= 15 is 0 Å². The largest absolute Gasteiger partial charge is 0.322 e. The summed E-state index contributed by atoms with van der Waals surface area (Å²) in [5, 5.41) is 0. The van der Waals surface area contributed by atoms with Crippen molar-refractivity contribution in [2.75, 3.05) is 25.0 Å². The fourth-order valence-electron chi connectivity index (χ4n) is 1.43. The normalized spacial score (nSPS) is 10.6. The fraction of sp³-hybridized carbons (Fsp3) is 0.333. The third kappa shape index (κ3) is 3.47. The van der Waals surface area contributed by atoms with Crippen molar-refractivity contribution >= 4 is 17.8 Å². The molecule has 86 valence electrons. The molecule has 2 N–H and O–H groups in total. The predicted molar refractivity (Wildman–Crippen MR) is 66.9 cm³/mol. The zero-order chi connectivity index (χ0) is 11.8. The average Bonchev–Trinajstić information content (AvgIpc) is 2.35. The van der Waals surface area contributed by atoms with Gasteiger partial charge in [-0.15, -0.1) is 0 Å². The molecule has 0 bridgehead atoms. The summed E-state index contributed by atoms with van der Waals surface area (Å²) in [6.45, 7) is 0.634. The molecule has 0 heterocycles. The molecule has 0 aromatic heterocycles. The smallest absolute Gasteiger partial charge is 0.240 e. The lowest BCUT2D eigenvalue weighted by molar-refractivity contribution is -0.117. The van der Waals surface area contributed by atoms with Crippen molar-refractivity contribution in [3.8, 4) is 0 Å². The van der Waals surface area contributed by atoms with Crippen LogP contribution in [0.25, 0.3) is 0 Å². The molecule has 0 aliphatic heterocycles. The van der Waals surface area contributed by atoms with E-state index in [1.807, 2.05) is 30.3 Å². The van der Waals surface area contributed by atoms with Crippen molar-refractivity contribution in [1.82, 2.24) is 0 Å². The predicted octanol–water partition coefficient (Wildman–Crippen LogP) is 1.07. The molecule has 0 aliphatic carbocycles. The van der Waals surface area contributed by atoms with Gasteiger partial charge in [-0.25, -0.2) is 0 Å². The molecule has 1 aromatic carbocycles. The lowest BCUT2D eigenvalue weighted by atomic mass is 10.2. The minimum atomic E-state index is -0.0734. The van der Waals surface area contributed by atoms with Crippen LogP contribution in [0.4, 0.5) is 5.69 Å². The number of nitrogens with zero attached hydrogens (tertiary/aromatic N) is 2. The number of rotatable bonds is 5. The minimum absolute atomic E-state index is 0.0260. The number of hydrogen-bond acceptors (Lipinski definition) is 3. The van der Waals surface area contributed by atoms with E-state index in [-0.39, 0.29) is 12.5 Å². The molecule has 1 aromatic rings. The van der Waals surface area contributed by atoms with Gasteiger partial charge in [0.25, 0.3) is 0 Å². The van der Waals surface area contributed by atoms with Gasteiger partial charge >= 0.3 is 0 Å². The summed E-state index contributed by atoms with van der Waals surface area (Å²) in [5.41, 5.74) is 6.27. The van der Waals surface area contributed by atoms with Crippen molar-refractivity contribution in [1.29, 1.82) is 0 Å². The number of hydrogen-bond donors (Lipinski definition) is 1. The molecular formula is C12H17N3O. The van der Waals surface area contributed by atoms with E-state index in [0.29, 0.717) is 6.54 Å². The van der Waals surface area contributed by atoms with E-state index in [2.05, 4.69) is 4.99 Å². The summed E-state index contributed by atoms with van der Waals surface area (Å²) in [5.74, 6) is -0.0734. The third-order valence-electron chi connectivity index (χ3n) is 2.21. The summed E-state index contributed by atoms with van der Waals surface area (Å²) in [4.78, 5) is 17.2. The Balaban J connectivity index is 2.75. The Morgan fingerprint density at radius 2 is 2.12 bits per heavy atom. The van der Waals surface area contributed by atoms with Gasteiger partial charge in [0, 0.05) is 31.9 Å². The van der Waals surface area contributed by atoms with E-state index in [1.54, 1.807) is 18.2 Å². The van der Waals surface area contributed by atoms with Gasteiger partial charge in [-0.2, -0.15) is 0 Å². The van der Waals surface area contributed by atoms with Crippen molar-refractivity contribution in [2.24, 2.45) is 10.7 Å². The highest BCUT2D eigenvalue weighted by molar-refractivity contribution is 5.94. The van der Waals surface area contributed by atoms with E-state index in [0.717, 1.165) is 12.1 Å². The Morgan fingerprint density at radius 1 is 1.44 bits per heavy atom. The zero-order valence-electron chi connectivity index (χ0n) is 9.47. The molecule has 0 radical (unpaired) electrons. The number of carbonyl (C=O) groups excluding carboxylic acids is 1. The van der Waals surface area contributed by atoms with Crippen LogP contribution in [-0.2, 0) is 4.79 Å². The molecule has 0 unspecified atom stereocenters. The van der Waals surface area contributed by atoms with Crippen LogP contribution >= 0.6 is 0 Å². The minimum Gasteiger partial charge on any atom is -0.322 e. The summed E-state index contributed by atoms with van der Waals surface area (Å²) in [6, 6.07) is 9.52. The molecule has 0 aliphatic rings. The first-order chi connectivity index (χ1) is 7.79. The van der Waals surface area contributed by atoms with E-state index < -0.39 is 0 Å². The van der Waals surface area contributed by atoms with Crippen molar-refractivity contribution < 1.29 is 4.79 Å². The maximum Gasteiger partial charge on any atom is 0.240 e. The van der Waals surface area contributed by atoms with Crippen LogP contribution in [0, 0.1) is 0 Å². The standard InChI is InChI=1S/C12H17N3O/c1-14-8-5-9-15(12(16)10-13)11-6-3-2-4-7-11/h2-4,6-8H,5,9-10,13H2,1H3. The first-order valence-corrected chi connectivity index (χ1v) is 5.25. The van der Waals surface area contributed by atoms with Crippen LogP contribution in [0.15, 0.2) is 35.3 Å². The number of nitrogens with two attached hydrogens (primary N) is 1. The summed E-state index contributed by atoms with van der Waals surface area (Å²) < 4.78 is 0. The molecule has 1 amide bonds. The zero-order valence-corrected chi connectivity index (χ0v) is 9.47. The molecular weight excluding hydrogens is 202 g/mol. The second kappa shape index (κ2) is 6.74. The van der Waals surface area contributed by atoms with Gasteiger partial charge in [0.2, 0.25) is 5.91 Å². The second-order valence-corrected chi connectivity index (χ2v) is 3.31. The number of aliphatic imine (C=N–C) groups is 1. The van der Waals surface area contributed by atoms with Gasteiger partial charge in [-0.3, -0.25) is 4.79 Å². The number of amides is 1. The summed E-state index contributed by atoms with van der Waals surface area (Å²) >= 11 is 0. The first-order valence-electron chi connectivity index (χ1n) is 5.25. The van der Waals surface area contributed by atoms with E-state index in [4.69, 9.17) is 5.73 Å². The Hall–Kier alpha value is -1.68. The van der Waals surface area contributed by atoms with Gasteiger partial charge in [0.15, 0.2) is 0 Å². The lowest BCUT2D eigenvalue weighted by Crippen LogP contribution is -2.36. The van der Waals surface area contributed by atoms with Gasteiger partial charge in [0.05, 0.1) is 6.54 Å². The Bertz CT molecular complexity index is 349. The number of anilines is 1. The topological polar surface area (TPSA) is 58.7 Å². The quantitative estimate of drug-likeness (QED) is 0.753. The third-order valence-corrected chi connectivity index (χ3v) is 2.21. The molecule has 0 atom stereocenters. The van der Waals surface area contributed by atoms with Crippen molar-refractivity contribution in [3.05, 3.63) is 30.3 Å². The maximum absolute atomic E-state index is 11.7. The molecule has 0 saturated heterocycles. The highest BCUT2D eigenvalue weighted by atomic mass is 16.2. The van der Waals surface area contributed by atoms with Crippen LogP contribution in [0.2, 0.25) is 0 Å². The number of para-hydroxylation sites is 1. The monoisotopic (exact) mass is 219 g/mol. The van der Waals surface area contributed by atoms with Gasteiger partial charge < -0.3 is 15.6 Å². The Labute approximate surface area is 95.8 Å². The van der Waals surface area contributed by atoms with Gasteiger partial charge in [0.1, 0.15) is 0 Å². The van der Waals surface area contributed by atoms with E-state index in [9.17, 15) is 4.79 Å². The summed E-state index contributed by atoms with van der Waals surface area (Å²) in [7, 11) is 1.72. The first kappa shape index (κ1) is 12.4. The lowest BCUT2D eigenvalue weighted by Gasteiger charge is -2.21. The summed E-state index contributed by atoms with van der Waals surface area (Å²) in [6.07, 6.45) is 2.52. The SMILES string of the molecule is CN=CCCN(C(=O)CN)c1ccccc1. The molecule has 4 nitrogen and oxygen atoms in total. The molecule has 0 saturated carbocycles. The van der Waals surface area contributed by atoms with E-state index in [1.165, 1.54) is 0 Å². The second-order valence-electron chi connectivity index (χ2n) is 3.31. The van der Waals surface area contributed by atoms with Crippen molar-refractivity contribution in [2.45, 2.75) is 6.42 Å². The van der Waals surface area contributed by atoms with Gasteiger partial charge in [-0.05, 0) is 12.1 Å². The molecule has 16 heavy (non-hydrogen) atoms. The van der Waals surface area contributed by atoms with Crippen LogP contribution in [0.1, 0.15) is 6.42 Å². The Kier molecular flexibility index (Phi) is 5.22. The molecule has 0 spiro atoms. The highest BCUT2D eigenvalue weighted by Gasteiger charge is 2.12. The number of benzene rings is 1. The molecule has 0 fully saturated rings. The number of carbonyl (C=O) groups is 1. The van der Waals surface area contributed by atoms with Crippen LogP contribution in [-0.4, -0.2) is 32.3 Å². The Morgan fingerprint density at radius 3 is 2.69 bits per heavy atom. The molecule has 1 rings (SSSR count). The average molecular weight is 219 g/mol. The van der Waals surface area contributed by atoms with Crippen LogP contribution in [0.3, 0.4) is 0 Å². The van der Waals surface area contributed by atoms with Crippen LogP contribution in [0.5, 0.6) is 0 Å². The van der Waals surface area contributed by atoms with Crippen molar-refractivity contribution in [3.63, 3.8) is 0 Å². The molecule has 4 heteroatoms. The maximum atomic E-state index is 11.7. The fourth-order valence-corrected chi connectivity index (χ4v) is 1.43.